The largest absolute Gasteiger partial charge is 0.493 e. The van der Waals surface area contributed by atoms with Crippen LogP contribution in [0.4, 0.5) is 5.13 Å². The van der Waals surface area contributed by atoms with Crippen molar-refractivity contribution in [2.45, 2.75) is 44.4 Å². The van der Waals surface area contributed by atoms with Crippen LogP contribution in [0.25, 0.3) is 22.4 Å². The summed E-state index contributed by atoms with van der Waals surface area (Å²) in [5.74, 6) is 0.836. The topological polar surface area (TPSA) is 102 Å². The zero-order chi connectivity index (χ0) is 26.4. The van der Waals surface area contributed by atoms with Gasteiger partial charge in [-0.25, -0.2) is 13.4 Å². The van der Waals surface area contributed by atoms with Gasteiger partial charge in [0.25, 0.3) is 5.91 Å². The minimum absolute atomic E-state index is 0.188. The summed E-state index contributed by atoms with van der Waals surface area (Å²) in [6.45, 7) is 5.06. The van der Waals surface area contributed by atoms with Gasteiger partial charge in [0, 0.05) is 29.4 Å². The Bertz CT molecular complexity index is 1450. The molecule has 0 radical (unpaired) electrons. The van der Waals surface area contributed by atoms with Crippen molar-refractivity contribution in [3.8, 4) is 17.2 Å². The standard InChI is InChI=1S/C27H31N3O5S2/c1-4-6-15-30(16-7-5-2)37(32,33)21-13-11-19(12-14-21)26(31)29-27-28-22(18-36-27)24-17-20-9-8-10-23(34-3)25(20)35-24/h8-14,17-18H,4-7,15-16H2,1-3H3,(H,28,29,31). The van der Waals surface area contributed by atoms with Gasteiger partial charge in [-0.3, -0.25) is 10.1 Å². The van der Waals surface area contributed by atoms with Crippen LogP contribution in [0.5, 0.6) is 5.75 Å². The van der Waals surface area contributed by atoms with E-state index in [1.54, 1.807) is 16.8 Å². The molecule has 2 heterocycles. The zero-order valence-electron chi connectivity index (χ0n) is 21.2. The second-order valence-electron chi connectivity index (χ2n) is 8.62. The second-order valence-corrected chi connectivity index (χ2v) is 11.4. The van der Waals surface area contributed by atoms with Gasteiger partial charge in [-0.05, 0) is 49.2 Å². The summed E-state index contributed by atoms with van der Waals surface area (Å²) >= 11 is 1.28. The molecule has 0 atom stereocenters. The summed E-state index contributed by atoms with van der Waals surface area (Å²) in [5, 5.41) is 5.89. The molecule has 0 aliphatic carbocycles. The maximum Gasteiger partial charge on any atom is 0.257 e. The van der Waals surface area contributed by atoms with Crippen LogP contribution in [-0.2, 0) is 10.0 Å². The zero-order valence-corrected chi connectivity index (χ0v) is 22.8. The number of carbonyl (C=O) groups excluding carboxylic acids is 1. The molecule has 0 saturated carbocycles. The third-order valence-corrected chi connectivity index (χ3v) is 8.65. The number of benzene rings is 2. The molecule has 0 aliphatic rings. The summed E-state index contributed by atoms with van der Waals surface area (Å²) in [6.07, 6.45) is 3.45. The van der Waals surface area contributed by atoms with E-state index in [1.165, 1.54) is 35.6 Å². The molecule has 37 heavy (non-hydrogen) atoms. The van der Waals surface area contributed by atoms with Gasteiger partial charge in [0.1, 0.15) is 5.69 Å². The predicted molar refractivity (Wildman–Crippen MR) is 147 cm³/mol. The number of rotatable bonds is 12. The van der Waals surface area contributed by atoms with Gasteiger partial charge in [-0.15, -0.1) is 11.3 Å². The minimum atomic E-state index is -3.62. The van der Waals surface area contributed by atoms with Crippen molar-refractivity contribution in [2.75, 3.05) is 25.5 Å². The van der Waals surface area contributed by atoms with Gasteiger partial charge in [0.2, 0.25) is 10.0 Å². The molecule has 0 bridgehead atoms. The number of carbonyl (C=O) groups is 1. The molecule has 4 aromatic rings. The van der Waals surface area contributed by atoms with Gasteiger partial charge in [0.15, 0.2) is 22.2 Å². The van der Waals surface area contributed by atoms with Crippen LogP contribution in [-0.4, -0.2) is 43.8 Å². The van der Waals surface area contributed by atoms with Gasteiger partial charge in [-0.2, -0.15) is 4.31 Å². The highest BCUT2D eigenvalue weighted by Crippen LogP contribution is 2.34. The van der Waals surface area contributed by atoms with E-state index in [4.69, 9.17) is 9.15 Å². The summed E-state index contributed by atoms with van der Waals surface area (Å²) in [7, 11) is -2.03. The molecular weight excluding hydrogens is 510 g/mol. The number of hydrogen-bond donors (Lipinski definition) is 1. The molecule has 2 aromatic carbocycles. The van der Waals surface area contributed by atoms with Crippen LogP contribution >= 0.6 is 11.3 Å². The number of nitrogens with one attached hydrogen (secondary N) is 1. The Morgan fingerprint density at radius 3 is 2.43 bits per heavy atom. The fourth-order valence-electron chi connectivity index (χ4n) is 3.89. The van der Waals surface area contributed by atoms with Crippen molar-refractivity contribution in [3.05, 3.63) is 59.5 Å². The molecule has 0 saturated heterocycles. The Kier molecular flexibility index (Phi) is 8.63. The Labute approximate surface area is 221 Å². The number of aromatic nitrogens is 1. The number of anilines is 1. The van der Waals surface area contributed by atoms with Gasteiger partial charge < -0.3 is 9.15 Å². The third kappa shape index (κ3) is 6.03. The highest BCUT2D eigenvalue weighted by Gasteiger charge is 2.24. The van der Waals surface area contributed by atoms with Gasteiger partial charge in [0.05, 0.1) is 12.0 Å². The first-order valence-corrected chi connectivity index (χ1v) is 14.6. The average molecular weight is 542 g/mol. The Balaban J connectivity index is 1.46. The second kappa shape index (κ2) is 11.9. The molecule has 0 fully saturated rings. The van der Waals surface area contributed by atoms with Crippen molar-refractivity contribution < 1.29 is 22.4 Å². The fourth-order valence-corrected chi connectivity index (χ4v) is 6.10. The lowest BCUT2D eigenvalue weighted by molar-refractivity contribution is 0.102. The average Bonchev–Trinajstić information content (AvgIpc) is 3.55. The van der Waals surface area contributed by atoms with E-state index in [0.717, 1.165) is 31.1 Å². The van der Waals surface area contributed by atoms with Crippen LogP contribution in [0.1, 0.15) is 49.9 Å². The van der Waals surface area contributed by atoms with E-state index in [-0.39, 0.29) is 10.8 Å². The number of thiazole rings is 1. The molecule has 8 nitrogen and oxygen atoms in total. The molecule has 1 N–H and O–H groups in total. The lowest BCUT2D eigenvalue weighted by atomic mass is 10.2. The minimum Gasteiger partial charge on any atom is -0.493 e. The molecule has 1 amide bonds. The number of sulfonamides is 1. The third-order valence-electron chi connectivity index (χ3n) is 5.98. The number of hydrogen-bond acceptors (Lipinski definition) is 7. The number of ether oxygens (including phenoxy) is 1. The van der Waals surface area contributed by atoms with E-state index >= 15 is 0 Å². The number of furan rings is 1. The maximum absolute atomic E-state index is 13.2. The van der Waals surface area contributed by atoms with Gasteiger partial charge in [-0.1, -0.05) is 38.8 Å². The van der Waals surface area contributed by atoms with E-state index in [2.05, 4.69) is 10.3 Å². The quantitative estimate of drug-likeness (QED) is 0.222. The van der Waals surface area contributed by atoms with Crippen molar-refractivity contribution in [1.29, 1.82) is 0 Å². The lowest BCUT2D eigenvalue weighted by Crippen LogP contribution is -2.33. The van der Waals surface area contributed by atoms with Crippen molar-refractivity contribution in [3.63, 3.8) is 0 Å². The summed E-state index contributed by atoms with van der Waals surface area (Å²) in [5.41, 5.74) is 1.58. The molecule has 0 aliphatic heterocycles. The maximum atomic E-state index is 13.2. The molecular formula is C27H31N3O5S2. The van der Waals surface area contributed by atoms with E-state index in [9.17, 15) is 13.2 Å². The lowest BCUT2D eigenvalue weighted by Gasteiger charge is -2.22. The summed E-state index contributed by atoms with van der Waals surface area (Å²) < 4.78 is 39.1. The normalized spacial score (nSPS) is 11.8. The summed E-state index contributed by atoms with van der Waals surface area (Å²) in [6, 6.07) is 13.6. The monoisotopic (exact) mass is 541 g/mol. The fraction of sp³-hybridized carbons (Fsp3) is 0.333. The van der Waals surface area contributed by atoms with Crippen LogP contribution in [0.2, 0.25) is 0 Å². The number of methoxy groups -OCH3 is 1. The highest BCUT2D eigenvalue weighted by molar-refractivity contribution is 7.89. The summed E-state index contributed by atoms with van der Waals surface area (Å²) in [4.78, 5) is 17.5. The van der Waals surface area contributed by atoms with Crippen molar-refractivity contribution >= 4 is 43.4 Å². The molecule has 10 heteroatoms. The van der Waals surface area contributed by atoms with Gasteiger partial charge >= 0.3 is 0 Å². The number of amides is 1. The first kappa shape index (κ1) is 26.8. The number of nitrogens with zero attached hydrogens (tertiary/aromatic N) is 2. The van der Waals surface area contributed by atoms with Crippen molar-refractivity contribution in [1.82, 2.24) is 9.29 Å². The number of fused-ring (bicyclic) bond motifs is 1. The predicted octanol–water partition coefficient (Wildman–Crippen LogP) is 6.41. The SMILES string of the molecule is CCCCN(CCCC)S(=O)(=O)c1ccc(C(=O)Nc2nc(-c3cc4cccc(OC)c4o3)cs2)cc1. The smallest absolute Gasteiger partial charge is 0.257 e. The molecule has 2 aromatic heterocycles. The molecule has 0 unspecified atom stereocenters. The van der Waals surface area contributed by atoms with E-state index < -0.39 is 10.0 Å². The first-order valence-electron chi connectivity index (χ1n) is 12.3. The van der Waals surface area contributed by atoms with Crippen LogP contribution in [0.3, 0.4) is 0 Å². The molecule has 4 rings (SSSR count). The first-order chi connectivity index (χ1) is 17.9. The van der Waals surface area contributed by atoms with E-state index in [1.807, 2.05) is 38.1 Å². The Morgan fingerprint density at radius 1 is 1.08 bits per heavy atom. The highest BCUT2D eigenvalue weighted by atomic mass is 32.2. The van der Waals surface area contributed by atoms with Crippen LogP contribution in [0, 0.1) is 0 Å². The van der Waals surface area contributed by atoms with Crippen LogP contribution in [0.15, 0.2) is 63.2 Å². The van der Waals surface area contributed by atoms with Crippen LogP contribution < -0.4 is 10.1 Å². The van der Waals surface area contributed by atoms with Crippen molar-refractivity contribution in [2.24, 2.45) is 0 Å². The Hall–Kier alpha value is -3.21. The number of unbranched alkanes of at least 4 members (excludes halogenated alkanes) is 2. The van der Waals surface area contributed by atoms with E-state index in [0.29, 0.717) is 46.6 Å². The molecule has 196 valence electrons. The number of para-hydroxylation sites is 1. The Morgan fingerprint density at radius 2 is 1.78 bits per heavy atom. The molecule has 0 spiro atoms.